The lowest BCUT2D eigenvalue weighted by molar-refractivity contribution is 0.0633. The van der Waals surface area contributed by atoms with Gasteiger partial charge >= 0.3 is 0 Å². The predicted octanol–water partition coefficient (Wildman–Crippen LogP) is 2.38. The molecule has 1 unspecified atom stereocenters. The number of aromatic nitrogens is 1. The smallest absolute Gasteiger partial charge is 0.270 e. The van der Waals surface area contributed by atoms with Crippen molar-refractivity contribution in [2.75, 3.05) is 25.9 Å². The molecule has 1 amide bonds. The summed E-state index contributed by atoms with van der Waals surface area (Å²) in [6.45, 7) is 9.49. The van der Waals surface area contributed by atoms with E-state index >= 15 is 0 Å². The lowest BCUT2D eigenvalue weighted by atomic mass is 10.2. The minimum Gasteiger partial charge on any atom is -0.334 e. The fourth-order valence-electron chi connectivity index (χ4n) is 3.36. The van der Waals surface area contributed by atoms with E-state index in [9.17, 15) is 13.2 Å². The van der Waals surface area contributed by atoms with Crippen LogP contribution in [-0.4, -0.2) is 60.0 Å². The average molecular weight is 382 g/mol. The van der Waals surface area contributed by atoms with E-state index in [1.54, 1.807) is 16.2 Å². The van der Waals surface area contributed by atoms with Crippen LogP contribution in [0.5, 0.6) is 0 Å². The lowest BCUT2D eigenvalue weighted by Gasteiger charge is -2.38. The number of nitrogens with zero attached hydrogens (tertiary/aromatic N) is 3. The summed E-state index contributed by atoms with van der Waals surface area (Å²) in [7, 11) is -3.24. The number of amides is 1. The molecule has 6 nitrogen and oxygen atoms in total. The van der Waals surface area contributed by atoms with E-state index in [4.69, 9.17) is 0 Å². The normalized spacial score (nSPS) is 19.5. The van der Waals surface area contributed by atoms with Crippen LogP contribution in [0.1, 0.15) is 24.3 Å². The number of fused-ring (bicyclic) bond motifs is 1. The molecule has 1 atom stereocenters. The van der Waals surface area contributed by atoms with Crippen molar-refractivity contribution in [1.82, 2.24) is 13.8 Å². The molecular weight excluding hydrogens is 358 g/mol. The summed E-state index contributed by atoms with van der Waals surface area (Å²) in [4.78, 5) is 15.9. The second kappa shape index (κ2) is 6.59. The lowest BCUT2D eigenvalue weighted by Crippen LogP contribution is -2.55. The summed E-state index contributed by atoms with van der Waals surface area (Å²) in [6, 6.07) is 3.71. The molecule has 0 radical (unpaired) electrons. The van der Waals surface area contributed by atoms with Crippen molar-refractivity contribution in [3.8, 4) is 0 Å². The van der Waals surface area contributed by atoms with Crippen molar-refractivity contribution < 1.29 is 13.2 Å². The molecule has 3 heterocycles. The number of allylic oxidation sites excluding steroid dienone is 1. The first-order valence-corrected chi connectivity index (χ1v) is 10.9. The first-order valence-electron chi connectivity index (χ1n) is 8.15. The van der Waals surface area contributed by atoms with Gasteiger partial charge in [-0.05, 0) is 31.4 Å². The number of piperazine rings is 1. The molecule has 3 rings (SSSR count). The van der Waals surface area contributed by atoms with Gasteiger partial charge in [-0.2, -0.15) is 4.31 Å². The van der Waals surface area contributed by atoms with Crippen LogP contribution in [-0.2, 0) is 16.6 Å². The minimum absolute atomic E-state index is 0.0512. The van der Waals surface area contributed by atoms with Gasteiger partial charge in [-0.1, -0.05) is 12.2 Å². The van der Waals surface area contributed by atoms with Crippen LogP contribution >= 0.6 is 11.3 Å². The van der Waals surface area contributed by atoms with Gasteiger partial charge in [0, 0.05) is 37.6 Å². The number of carbonyl (C=O) groups excluding carboxylic acids is 1. The van der Waals surface area contributed by atoms with Crippen molar-refractivity contribution in [2.45, 2.75) is 26.4 Å². The molecule has 0 aliphatic carbocycles. The van der Waals surface area contributed by atoms with Crippen LogP contribution in [0.4, 0.5) is 0 Å². The van der Waals surface area contributed by atoms with Crippen LogP contribution < -0.4 is 0 Å². The van der Waals surface area contributed by atoms with Crippen LogP contribution in [0, 0.1) is 0 Å². The number of sulfonamides is 1. The van der Waals surface area contributed by atoms with Crippen molar-refractivity contribution >= 4 is 37.5 Å². The zero-order valence-electron chi connectivity index (χ0n) is 14.7. The summed E-state index contributed by atoms with van der Waals surface area (Å²) in [5.41, 5.74) is 1.63. The third-order valence-corrected chi connectivity index (χ3v) is 6.78. The first kappa shape index (κ1) is 18.2. The Balaban J connectivity index is 1.88. The standard InChI is InChI=1S/C17H23N3O3S2/c1-12(2)10-19-15(9-14-5-8-24-17(14)19)16(21)18-6-7-20(13(3)11-18)25(4,22)23/h5,8-9,13H,1,6-7,10-11H2,2-4H3. The highest BCUT2D eigenvalue weighted by molar-refractivity contribution is 7.88. The Labute approximate surface area is 152 Å². The number of hydrogen-bond acceptors (Lipinski definition) is 4. The van der Waals surface area contributed by atoms with Gasteiger partial charge in [-0.25, -0.2) is 8.42 Å². The van der Waals surface area contributed by atoms with Gasteiger partial charge in [0.25, 0.3) is 5.91 Å². The molecule has 1 aliphatic heterocycles. The van der Waals surface area contributed by atoms with E-state index < -0.39 is 10.0 Å². The predicted molar refractivity (Wildman–Crippen MR) is 102 cm³/mol. The number of carbonyl (C=O) groups is 1. The van der Waals surface area contributed by atoms with Crippen LogP contribution in [0.3, 0.4) is 0 Å². The highest BCUT2D eigenvalue weighted by atomic mass is 32.2. The Hall–Kier alpha value is -1.64. The van der Waals surface area contributed by atoms with Gasteiger partial charge in [0.15, 0.2) is 0 Å². The maximum atomic E-state index is 13.1. The molecule has 1 aliphatic rings. The van der Waals surface area contributed by atoms with Crippen LogP contribution in [0.25, 0.3) is 10.2 Å². The van der Waals surface area contributed by atoms with Gasteiger partial charge < -0.3 is 9.47 Å². The van der Waals surface area contributed by atoms with E-state index in [1.807, 2.05) is 35.9 Å². The van der Waals surface area contributed by atoms with Gasteiger partial charge in [-0.15, -0.1) is 11.3 Å². The fourth-order valence-corrected chi connectivity index (χ4v) is 5.39. The SMILES string of the molecule is C=C(C)Cn1c(C(=O)N2CCN(S(C)(=O)=O)C(C)C2)cc2ccsc21. The Morgan fingerprint density at radius 2 is 2.12 bits per heavy atom. The Bertz CT molecular complexity index is 926. The second-order valence-electron chi connectivity index (χ2n) is 6.73. The number of hydrogen-bond donors (Lipinski definition) is 0. The first-order chi connectivity index (χ1) is 11.7. The fraction of sp³-hybridized carbons (Fsp3) is 0.471. The molecule has 2 aromatic rings. The Kier molecular flexibility index (Phi) is 4.78. The topological polar surface area (TPSA) is 62.6 Å². The van der Waals surface area contributed by atoms with Gasteiger partial charge in [0.05, 0.1) is 6.26 Å². The molecular formula is C17H23N3O3S2. The Morgan fingerprint density at radius 3 is 2.72 bits per heavy atom. The number of rotatable bonds is 4. The third kappa shape index (κ3) is 3.51. The highest BCUT2D eigenvalue weighted by Gasteiger charge is 2.33. The van der Waals surface area contributed by atoms with Crippen molar-refractivity contribution in [3.63, 3.8) is 0 Å². The van der Waals surface area contributed by atoms with Crippen molar-refractivity contribution in [3.05, 3.63) is 35.4 Å². The monoisotopic (exact) mass is 381 g/mol. The summed E-state index contributed by atoms with van der Waals surface area (Å²) < 4.78 is 27.1. The van der Waals surface area contributed by atoms with Crippen molar-refractivity contribution in [2.24, 2.45) is 0 Å². The molecule has 136 valence electrons. The van der Waals surface area contributed by atoms with Crippen molar-refractivity contribution in [1.29, 1.82) is 0 Å². The maximum absolute atomic E-state index is 13.1. The largest absolute Gasteiger partial charge is 0.334 e. The van der Waals surface area contributed by atoms with E-state index in [1.165, 1.54) is 10.6 Å². The minimum atomic E-state index is -3.24. The molecule has 8 heteroatoms. The summed E-state index contributed by atoms with van der Waals surface area (Å²) in [5.74, 6) is -0.0512. The molecule has 0 saturated carbocycles. The zero-order valence-corrected chi connectivity index (χ0v) is 16.4. The Morgan fingerprint density at radius 1 is 1.40 bits per heavy atom. The molecule has 0 spiro atoms. The van der Waals surface area contributed by atoms with E-state index in [0.717, 1.165) is 15.8 Å². The number of thiophene rings is 1. The van der Waals surface area contributed by atoms with Crippen LogP contribution in [0.2, 0.25) is 0 Å². The zero-order chi connectivity index (χ0) is 18.4. The molecule has 1 fully saturated rings. The van der Waals surface area contributed by atoms with Crippen LogP contribution in [0.15, 0.2) is 29.7 Å². The molecule has 0 aromatic carbocycles. The quantitative estimate of drug-likeness (QED) is 0.764. The van der Waals surface area contributed by atoms with E-state index in [-0.39, 0.29) is 11.9 Å². The molecule has 0 N–H and O–H groups in total. The summed E-state index contributed by atoms with van der Waals surface area (Å²) in [6.07, 6.45) is 1.22. The van der Waals surface area contributed by atoms with E-state index in [2.05, 4.69) is 6.58 Å². The molecule has 2 aromatic heterocycles. The summed E-state index contributed by atoms with van der Waals surface area (Å²) in [5, 5.41) is 3.07. The summed E-state index contributed by atoms with van der Waals surface area (Å²) >= 11 is 1.61. The second-order valence-corrected chi connectivity index (χ2v) is 9.56. The molecule has 0 bridgehead atoms. The van der Waals surface area contributed by atoms with E-state index in [0.29, 0.717) is 31.9 Å². The van der Waals surface area contributed by atoms with Gasteiger partial charge in [-0.3, -0.25) is 4.79 Å². The third-order valence-electron chi connectivity index (χ3n) is 4.43. The maximum Gasteiger partial charge on any atom is 0.270 e. The average Bonchev–Trinajstić information content (AvgIpc) is 3.07. The molecule has 25 heavy (non-hydrogen) atoms. The van der Waals surface area contributed by atoms with Gasteiger partial charge in [0.1, 0.15) is 10.5 Å². The molecule has 1 saturated heterocycles. The van der Waals surface area contributed by atoms with Gasteiger partial charge in [0.2, 0.25) is 10.0 Å². The highest BCUT2D eigenvalue weighted by Crippen LogP contribution is 2.27.